The Balaban J connectivity index is 1.88. The number of benzene rings is 2. The standard InChI is InChI=1S/C18H20ClN3O2/c1-2-6-17(23)21-14-8-5-7-13(11-14)20-12-18(24)22-16-10-4-3-9-15(16)19/h3-5,7-11,20H,2,6,12H2,1H3,(H,21,23)(H,22,24). The highest BCUT2D eigenvalue weighted by atomic mass is 35.5. The van der Waals surface area contributed by atoms with E-state index in [9.17, 15) is 9.59 Å². The van der Waals surface area contributed by atoms with Crippen molar-refractivity contribution < 1.29 is 9.59 Å². The molecule has 0 bridgehead atoms. The first-order valence-corrected chi connectivity index (χ1v) is 8.14. The summed E-state index contributed by atoms with van der Waals surface area (Å²) in [5.74, 6) is -0.227. The van der Waals surface area contributed by atoms with Gasteiger partial charge in [0.05, 0.1) is 17.3 Å². The number of hydrogen-bond acceptors (Lipinski definition) is 3. The molecule has 0 saturated carbocycles. The Kier molecular flexibility index (Phi) is 6.63. The smallest absolute Gasteiger partial charge is 0.243 e. The van der Waals surface area contributed by atoms with Crippen LogP contribution in [0.15, 0.2) is 48.5 Å². The van der Waals surface area contributed by atoms with Crippen LogP contribution >= 0.6 is 11.6 Å². The van der Waals surface area contributed by atoms with Crippen molar-refractivity contribution in [2.45, 2.75) is 19.8 Å². The third-order valence-electron chi connectivity index (χ3n) is 3.22. The van der Waals surface area contributed by atoms with Crippen molar-refractivity contribution in [3.63, 3.8) is 0 Å². The van der Waals surface area contributed by atoms with Crippen molar-refractivity contribution in [3.05, 3.63) is 53.6 Å². The van der Waals surface area contributed by atoms with E-state index in [-0.39, 0.29) is 18.4 Å². The maximum Gasteiger partial charge on any atom is 0.243 e. The summed E-state index contributed by atoms with van der Waals surface area (Å²) in [5, 5.41) is 9.08. The Morgan fingerprint density at radius 2 is 1.71 bits per heavy atom. The van der Waals surface area contributed by atoms with E-state index in [1.54, 1.807) is 30.3 Å². The number of nitrogens with one attached hydrogen (secondary N) is 3. The van der Waals surface area contributed by atoms with Crippen molar-refractivity contribution in [3.8, 4) is 0 Å². The molecule has 24 heavy (non-hydrogen) atoms. The molecule has 0 aliphatic carbocycles. The Bertz CT molecular complexity index is 719. The molecule has 126 valence electrons. The van der Waals surface area contributed by atoms with Crippen LogP contribution in [0.25, 0.3) is 0 Å². The van der Waals surface area contributed by atoms with E-state index in [1.165, 1.54) is 0 Å². The summed E-state index contributed by atoms with van der Waals surface area (Å²) in [5.41, 5.74) is 2.02. The van der Waals surface area contributed by atoms with Gasteiger partial charge in [-0.05, 0) is 36.8 Å². The molecule has 5 nitrogen and oxygen atoms in total. The summed E-state index contributed by atoms with van der Waals surface area (Å²) in [6.45, 7) is 2.05. The molecule has 0 atom stereocenters. The zero-order chi connectivity index (χ0) is 17.4. The van der Waals surface area contributed by atoms with Crippen molar-refractivity contribution >= 4 is 40.5 Å². The van der Waals surface area contributed by atoms with Gasteiger partial charge in [0.25, 0.3) is 0 Å². The van der Waals surface area contributed by atoms with Crippen LogP contribution in [0, 0.1) is 0 Å². The van der Waals surface area contributed by atoms with Crippen molar-refractivity contribution in [2.75, 3.05) is 22.5 Å². The minimum absolute atomic E-state index is 0.0221. The lowest BCUT2D eigenvalue weighted by atomic mass is 10.2. The molecular formula is C18H20ClN3O2. The number of rotatable bonds is 7. The Morgan fingerprint density at radius 3 is 2.46 bits per heavy atom. The first kappa shape index (κ1) is 17.8. The van der Waals surface area contributed by atoms with Crippen LogP contribution in [0.5, 0.6) is 0 Å². The molecule has 6 heteroatoms. The summed E-state index contributed by atoms with van der Waals surface area (Å²) in [4.78, 5) is 23.6. The summed E-state index contributed by atoms with van der Waals surface area (Å²) < 4.78 is 0. The van der Waals surface area contributed by atoms with Gasteiger partial charge in [-0.1, -0.05) is 36.7 Å². The number of carbonyl (C=O) groups excluding carboxylic acids is 2. The van der Waals surface area contributed by atoms with Crippen molar-refractivity contribution in [1.29, 1.82) is 0 Å². The average molecular weight is 346 g/mol. The van der Waals surface area contributed by atoms with Gasteiger partial charge < -0.3 is 16.0 Å². The molecule has 0 heterocycles. The minimum Gasteiger partial charge on any atom is -0.376 e. The summed E-state index contributed by atoms with van der Waals surface area (Å²) >= 11 is 6.01. The molecule has 0 unspecified atom stereocenters. The predicted molar refractivity (Wildman–Crippen MR) is 98.6 cm³/mol. The Labute approximate surface area is 146 Å². The monoisotopic (exact) mass is 345 g/mol. The number of halogens is 1. The van der Waals surface area contributed by atoms with E-state index in [0.29, 0.717) is 22.8 Å². The first-order chi connectivity index (χ1) is 11.6. The fourth-order valence-electron chi connectivity index (χ4n) is 2.10. The number of amides is 2. The largest absolute Gasteiger partial charge is 0.376 e. The highest BCUT2D eigenvalue weighted by Gasteiger charge is 2.06. The van der Waals surface area contributed by atoms with Crippen molar-refractivity contribution in [2.24, 2.45) is 0 Å². The van der Waals surface area contributed by atoms with Crippen molar-refractivity contribution in [1.82, 2.24) is 0 Å². The molecule has 2 rings (SSSR count). The van der Waals surface area contributed by atoms with Gasteiger partial charge in [0, 0.05) is 17.8 Å². The second-order valence-corrected chi connectivity index (χ2v) is 5.67. The molecular weight excluding hydrogens is 326 g/mol. The third kappa shape index (κ3) is 5.59. The van der Waals surface area contributed by atoms with Crippen LogP contribution in [-0.4, -0.2) is 18.4 Å². The van der Waals surface area contributed by atoms with E-state index in [2.05, 4.69) is 16.0 Å². The lowest BCUT2D eigenvalue weighted by Crippen LogP contribution is -2.22. The van der Waals surface area contributed by atoms with Gasteiger partial charge in [0.2, 0.25) is 11.8 Å². The molecule has 0 aliphatic rings. The van der Waals surface area contributed by atoms with Crippen LogP contribution in [0.2, 0.25) is 5.02 Å². The molecule has 0 aliphatic heterocycles. The molecule has 0 fully saturated rings. The summed E-state index contributed by atoms with van der Waals surface area (Å²) in [6, 6.07) is 14.3. The zero-order valence-corrected chi connectivity index (χ0v) is 14.2. The van der Waals surface area contributed by atoms with E-state index in [4.69, 9.17) is 11.6 Å². The van der Waals surface area contributed by atoms with Crippen LogP contribution in [0.4, 0.5) is 17.1 Å². The van der Waals surface area contributed by atoms with E-state index >= 15 is 0 Å². The van der Waals surface area contributed by atoms with Gasteiger partial charge >= 0.3 is 0 Å². The zero-order valence-electron chi connectivity index (χ0n) is 13.4. The van der Waals surface area contributed by atoms with Crippen LogP contribution in [0.1, 0.15) is 19.8 Å². The van der Waals surface area contributed by atoms with Gasteiger partial charge in [-0.3, -0.25) is 9.59 Å². The van der Waals surface area contributed by atoms with Gasteiger partial charge in [-0.2, -0.15) is 0 Å². The molecule has 0 radical (unpaired) electrons. The lowest BCUT2D eigenvalue weighted by Gasteiger charge is -2.10. The van der Waals surface area contributed by atoms with Crippen LogP contribution < -0.4 is 16.0 Å². The fraction of sp³-hybridized carbons (Fsp3) is 0.222. The second-order valence-electron chi connectivity index (χ2n) is 5.26. The van der Waals surface area contributed by atoms with Gasteiger partial charge in [-0.25, -0.2) is 0 Å². The van der Waals surface area contributed by atoms with E-state index in [1.807, 2.05) is 25.1 Å². The molecule has 2 aromatic carbocycles. The number of carbonyl (C=O) groups is 2. The fourth-order valence-corrected chi connectivity index (χ4v) is 2.28. The van der Waals surface area contributed by atoms with E-state index in [0.717, 1.165) is 12.1 Å². The summed E-state index contributed by atoms with van der Waals surface area (Å²) in [6.07, 6.45) is 1.28. The third-order valence-corrected chi connectivity index (χ3v) is 3.55. The summed E-state index contributed by atoms with van der Waals surface area (Å²) in [7, 11) is 0. The minimum atomic E-state index is -0.205. The van der Waals surface area contributed by atoms with E-state index < -0.39 is 0 Å². The molecule has 3 N–H and O–H groups in total. The maximum absolute atomic E-state index is 12.0. The van der Waals surface area contributed by atoms with Gasteiger partial charge in [0.15, 0.2) is 0 Å². The van der Waals surface area contributed by atoms with Crippen LogP contribution in [0.3, 0.4) is 0 Å². The van der Waals surface area contributed by atoms with Gasteiger partial charge in [-0.15, -0.1) is 0 Å². The highest BCUT2D eigenvalue weighted by molar-refractivity contribution is 6.33. The van der Waals surface area contributed by atoms with Crippen LogP contribution in [-0.2, 0) is 9.59 Å². The predicted octanol–water partition coefficient (Wildman–Crippen LogP) is 4.13. The Hall–Kier alpha value is -2.53. The lowest BCUT2D eigenvalue weighted by molar-refractivity contribution is -0.116. The molecule has 0 spiro atoms. The first-order valence-electron chi connectivity index (χ1n) is 7.76. The van der Waals surface area contributed by atoms with Gasteiger partial charge in [0.1, 0.15) is 0 Å². The number of anilines is 3. The molecule has 0 aromatic heterocycles. The Morgan fingerprint density at radius 1 is 0.958 bits per heavy atom. The molecule has 2 aromatic rings. The highest BCUT2D eigenvalue weighted by Crippen LogP contribution is 2.20. The molecule has 0 saturated heterocycles. The number of para-hydroxylation sites is 1. The quantitative estimate of drug-likeness (QED) is 0.706. The second kappa shape index (κ2) is 8.93. The maximum atomic E-state index is 12.0. The normalized spacial score (nSPS) is 10.1. The average Bonchev–Trinajstić information content (AvgIpc) is 2.56. The number of hydrogen-bond donors (Lipinski definition) is 3. The topological polar surface area (TPSA) is 70.2 Å². The SMILES string of the molecule is CCCC(=O)Nc1cccc(NCC(=O)Nc2ccccc2Cl)c1. The molecule has 2 amide bonds.